The molecule has 2 bridgehead atoms. The highest BCUT2D eigenvalue weighted by atomic mass is 32.1. The Labute approximate surface area is 195 Å². The van der Waals surface area contributed by atoms with Crippen LogP contribution < -0.4 is 10.6 Å². The van der Waals surface area contributed by atoms with Gasteiger partial charge in [-0.05, 0) is 92.3 Å². The molecule has 2 N–H and O–H groups in total. The molecule has 5 rings (SSSR count). The maximum absolute atomic E-state index is 12.6. The lowest BCUT2D eigenvalue weighted by atomic mass is 9.93. The number of fused-ring (bicyclic) bond motifs is 3. The van der Waals surface area contributed by atoms with Gasteiger partial charge in [-0.15, -0.1) is 11.3 Å². The molecule has 1 fully saturated rings. The Balaban J connectivity index is 1.24. The van der Waals surface area contributed by atoms with Crippen molar-refractivity contribution in [2.45, 2.75) is 58.5 Å². The average Bonchev–Trinajstić information content (AvgIpc) is 3.30. The summed E-state index contributed by atoms with van der Waals surface area (Å²) in [5, 5.41) is 7.03. The summed E-state index contributed by atoms with van der Waals surface area (Å²) < 4.78 is 0. The van der Waals surface area contributed by atoms with Gasteiger partial charge in [-0.2, -0.15) is 0 Å². The predicted octanol–water partition coefficient (Wildman–Crippen LogP) is 5.83. The lowest BCUT2D eigenvalue weighted by Crippen LogP contribution is -2.37. The fourth-order valence-corrected chi connectivity index (χ4v) is 6.36. The van der Waals surface area contributed by atoms with Gasteiger partial charge < -0.3 is 10.6 Å². The average molecular weight is 445 g/mol. The summed E-state index contributed by atoms with van der Waals surface area (Å²) in [6, 6.07) is 19.8. The van der Waals surface area contributed by atoms with Crippen molar-refractivity contribution in [3.63, 3.8) is 0 Å². The molecule has 2 aliphatic rings. The summed E-state index contributed by atoms with van der Waals surface area (Å²) in [5.41, 5.74) is 6.08. The van der Waals surface area contributed by atoms with Crippen LogP contribution in [-0.4, -0.2) is 11.9 Å². The smallest absolute Gasteiger partial charge is 0.228 e. The van der Waals surface area contributed by atoms with Crippen LogP contribution in [0.1, 0.15) is 44.8 Å². The van der Waals surface area contributed by atoms with Gasteiger partial charge >= 0.3 is 0 Å². The maximum atomic E-state index is 12.6. The molecule has 1 aromatic heterocycles. The Hall–Kier alpha value is -2.43. The predicted molar refractivity (Wildman–Crippen MR) is 133 cm³/mol. The highest BCUT2D eigenvalue weighted by Crippen LogP contribution is 2.41. The summed E-state index contributed by atoms with van der Waals surface area (Å²) in [6.07, 6.45) is 5.28. The Morgan fingerprint density at radius 1 is 0.938 bits per heavy atom. The van der Waals surface area contributed by atoms with Crippen LogP contribution >= 0.6 is 11.3 Å². The number of benzene rings is 2. The van der Waals surface area contributed by atoms with Gasteiger partial charge in [-0.3, -0.25) is 4.79 Å². The van der Waals surface area contributed by atoms with E-state index in [2.05, 4.69) is 66.9 Å². The monoisotopic (exact) mass is 444 g/mol. The quantitative estimate of drug-likeness (QED) is 0.502. The molecule has 0 unspecified atom stereocenters. The van der Waals surface area contributed by atoms with E-state index < -0.39 is 0 Å². The molecule has 2 aliphatic carbocycles. The van der Waals surface area contributed by atoms with E-state index in [1.165, 1.54) is 39.3 Å². The lowest BCUT2D eigenvalue weighted by molar-refractivity contribution is -0.115. The Bertz CT molecular complexity index is 1100. The second-order valence-electron chi connectivity index (χ2n) is 9.62. The van der Waals surface area contributed by atoms with Crippen LogP contribution in [0.15, 0.2) is 54.6 Å². The summed E-state index contributed by atoms with van der Waals surface area (Å²) in [5.74, 6) is 1.44. The van der Waals surface area contributed by atoms with Gasteiger partial charge in [0, 0.05) is 28.0 Å². The largest absolute Gasteiger partial charge is 0.326 e. The number of thiophene rings is 1. The number of anilines is 1. The van der Waals surface area contributed by atoms with E-state index in [-0.39, 0.29) is 5.91 Å². The molecule has 4 heteroatoms. The molecular weight excluding hydrogens is 412 g/mol. The molecule has 1 saturated carbocycles. The van der Waals surface area contributed by atoms with E-state index in [0.717, 1.165) is 30.6 Å². The topological polar surface area (TPSA) is 41.1 Å². The zero-order chi connectivity index (χ0) is 22.1. The normalized spacial score (nSPS) is 21.8. The van der Waals surface area contributed by atoms with Crippen molar-refractivity contribution in [3.05, 3.63) is 86.6 Å². The van der Waals surface area contributed by atoms with Gasteiger partial charge in [0.25, 0.3) is 0 Å². The fraction of sp³-hybridized carbons (Fsp3) is 0.393. The van der Waals surface area contributed by atoms with Crippen LogP contribution in [-0.2, 0) is 30.6 Å². The second-order valence-corrected chi connectivity index (χ2v) is 11.0. The number of hydrogen-bond donors (Lipinski definition) is 2. The van der Waals surface area contributed by atoms with Gasteiger partial charge in [0.15, 0.2) is 0 Å². The van der Waals surface area contributed by atoms with E-state index in [1.807, 2.05) is 23.5 Å². The Kier molecular flexibility index (Phi) is 6.16. The third-order valence-electron chi connectivity index (χ3n) is 7.17. The molecule has 0 saturated heterocycles. The summed E-state index contributed by atoms with van der Waals surface area (Å²) >= 11 is 1.90. The van der Waals surface area contributed by atoms with Crippen LogP contribution in [0.4, 0.5) is 5.69 Å². The molecule has 166 valence electrons. The van der Waals surface area contributed by atoms with Gasteiger partial charge in [-0.25, -0.2) is 0 Å². The summed E-state index contributed by atoms with van der Waals surface area (Å²) in [7, 11) is 0. The van der Waals surface area contributed by atoms with Crippen molar-refractivity contribution in [2.75, 3.05) is 5.32 Å². The lowest BCUT2D eigenvalue weighted by Gasteiger charge is -2.23. The Morgan fingerprint density at radius 2 is 1.69 bits per heavy atom. The van der Waals surface area contributed by atoms with Crippen LogP contribution in [0, 0.1) is 25.7 Å². The van der Waals surface area contributed by atoms with Crippen LogP contribution in [0.5, 0.6) is 0 Å². The van der Waals surface area contributed by atoms with Crippen molar-refractivity contribution in [1.29, 1.82) is 0 Å². The first-order valence-electron chi connectivity index (χ1n) is 11.8. The highest BCUT2D eigenvalue weighted by molar-refractivity contribution is 7.11. The minimum Gasteiger partial charge on any atom is -0.326 e. The van der Waals surface area contributed by atoms with Crippen molar-refractivity contribution < 1.29 is 4.79 Å². The first kappa shape index (κ1) is 21.4. The molecule has 1 amide bonds. The Morgan fingerprint density at radius 3 is 2.41 bits per heavy atom. The number of rotatable bonds is 6. The van der Waals surface area contributed by atoms with E-state index in [1.54, 1.807) is 0 Å². The zero-order valence-electron chi connectivity index (χ0n) is 19.0. The minimum atomic E-state index is 0.0507. The van der Waals surface area contributed by atoms with Gasteiger partial charge in [0.1, 0.15) is 0 Å². The van der Waals surface area contributed by atoms with Crippen molar-refractivity contribution in [2.24, 2.45) is 11.8 Å². The second kappa shape index (κ2) is 9.21. The molecule has 3 nitrogen and oxygen atoms in total. The van der Waals surface area contributed by atoms with Crippen molar-refractivity contribution in [1.82, 2.24) is 5.32 Å². The fourth-order valence-electron chi connectivity index (χ4n) is 5.52. The molecular formula is C28H32N2OS. The SMILES string of the molecule is Cc1ccc(CC(=O)Nc2ccc3c(c2)C[C@H]2CC[C@@H](C3)[C@H]2NCc2ccc(C)s2)cc1. The summed E-state index contributed by atoms with van der Waals surface area (Å²) in [6.45, 7) is 5.22. The van der Waals surface area contributed by atoms with Gasteiger partial charge in [-0.1, -0.05) is 35.9 Å². The van der Waals surface area contributed by atoms with Gasteiger partial charge in [0.05, 0.1) is 6.42 Å². The van der Waals surface area contributed by atoms with E-state index >= 15 is 0 Å². The number of carbonyl (C=O) groups is 1. The highest BCUT2D eigenvalue weighted by Gasteiger charge is 2.38. The van der Waals surface area contributed by atoms with E-state index in [0.29, 0.717) is 24.3 Å². The number of amides is 1. The number of carbonyl (C=O) groups excluding carboxylic acids is 1. The molecule has 0 radical (unpaired) electrons. The van der Waals surface area contributed by atoms with Gasteiger partial charge in [0.2, 0.25) is 5.91 Å². The van der Waals surface area contributed by atoms with Crippen LogP contribution in [0.25, 0.3) is 0 Å². The maximum Gasteiger partial charge on any atom is 0.228 e. The molecule has 3 aromatic rings. The third-order valence-corrected chi connectivity index (χ3v) is 8.17. The van der Waals surface area contributed by atoms with Crippen LogP contribution in [0.3, 0.4) is 0 Å². The molecule has 1 heterocycles. The number of hydrogen-bond acceptors (Lipinski definition) is 3. The molecule has 2 aromatic carbocycles. The first-order valence-corrected chi connectivity index (χ1v) is 12.6. The number of nitrogens with one attached hydrogen (secondary N) is 2. The minimum absolute atomic E-state index is 0.0507. The molecule has 0 aliphatic heterocycles. The van der Waals surface area contributed by atoms with E-state index in [9.17, 15) is 4.79 Å². The zero-order valence-corrected chi connectivity index (χ0v) is 19.8. The van der Waals surface area contributed by atoms with E-state index in [4.69, 9.17) is 0 Å². The molecule has 32 heavy (non-hydrogen) atoms. The first-order chi connectivity index (χ1) is 15.5. The van der Waals surface area contributed by atoms with Crippen LogP contribution in [0.2, 0.25) is 0 Å². The molecule has 0 spiro atoms. The summed E-state index contributed by atoms with van der Waals surface area (Å²) in [4.78, 5) is 15.4. The standard InChI is InChI=1S/C28H32N2OS/c1-18-3-6-20(7-4-18)13-27(31)30-25-11-10-21-14-22-8-9-23(15-24(21)16-25)28(22)29-17-26-12-5-19(2)32-26/h3-7,10-12,16,22-23,28-29H,8-9,13-15,17H2,1-2H3,(H,30,31)/t22-,23+,28+/m0/s1. The molecule has 3 atom stereocenters. The third kappa shape index (κ3) is 4.82. The number of aryl methyl sites for hydroxylation is 2. The van der Waals surface area contributed by atoms with Crippen molar-refractivity contribution in [3.8, 4) is 0 Å². The van der Waals surface area contributed by atoms with Crippen molar-refractivity contribution >= 4 is 22.9 Å².